The molecule has 8 heteroatoms. The second-order valence-electron chi connectivity index (χ2n) is 7.66. The van der Waals surface area contributed by atoms with Crippen LogP contribution in [0.1, 0.15) is 18.4 Å². The molecule has 3 heterocycles. The molecule has 4 atom stereocenters. The molecule has 2 aromatic rings. The highest BCUT2D eigenvalue weighted by Crippen LogP contribution is 2.24. The van der Waals surface area contributed by atoms with Gasteiger partial charge in [-0.3, -0.25) is 4.98 Å². The molecule has 0 spiro atoms. The first-order chi connectivity index (χ1) is 14.2. The molecule has 0 unspecified atom stereocenters. The number of nitrogens with zero attached hydrogens (tertiary/aromatic N) is 1. The lowest BCUT2D eigenvalue weighted by molar-refractivity contribution is 0.0189. The van der Waals surface area contributed by atoms with E-state index in [-0.39, 0.29) is 6.04 Å². The van der Waals surface area contributed by atoms with Crippen molar-refractivity contribution in [2.45, 2.75) is 37.5 Å². The summed E-state index contributed by atoms with van der Waals surface area (Å²) in [6.07, 6.45) is 2.73. The van der Waals surface area contributed by atoms with Gasteiger partial charge in [-0.05, 0) is 36.3 Å². The minimum atomic E-state index is -0.703. The molecule has 0 saturated carbocycles. The first-order valence-corrected chi connectivity index (χ1v) is 11.0. The molecule has 2 aliphatic heterocycles. The zero-order valence-corrected chi connectivity index (χ0v) is 17.1. The SMILES string of the molecule is O=C(NCC[C@@H]1CCOC1)O[C@@H]1[C@@H](O)CN[C@@H]1Cc1ccc(-c2cncs2)cc1. The molecule has 29 heavy (non-hydrogen) atoms. The number of hydrogen-bond donors (Lipinski definition) is 3. The van der Waals surface area contributed by atoms with Crippen molar-refractivity contribution in [2.75, 3.05) is 26.3 Å². The molecule has 1 amide bonds. The Labute approximate surface area is 174 Å². The van der Waals surface area contributed by atoms with Gasteiger partial charge in [-0.1, -0.05) is 24.3 Å². The van der Waals surface area contributed by atoms with Crippen LogP contribution in [-0.2, 0) is 15.9 Å². The number of aliphatic hydroxyl groups excluding tert-OH is 1. The number of hydrogen-bond acceptors (Lipinski definition) is 7. The summed E-state index contributed by atoms with van der Waals surface area (Å²) in [5, 5.41) is 16.3. The molecule has 2 fully saturated rings. The van der Waals surface area contributed by atoms with Crippen molar-refractivity contribution in [2.24, 2.45) is 5.92 Å². The predicted octanol–water partition coefficient (Wildman–Crippen LogP) is 2.21. The van der Waals surface area contributed by atoms with Crippen LogP contribution in [0.5, 0.6) is 0 Å². The maximum Gasteiger partial charge on any atom is 0.407 e. The van der Waals surface area contributed by atoms with E-state index in [1.165, 1.54) is 0 Å². The quantitative estimate of drug-likeness (QED) is 0.640. The van der Waals surface area contributed by atoms with Crippen molar-refractivity contribution in [3.63, 3.8) is 0 Å². The van der Waals surface area contributed by atoms with Gasteiger partial charge in [-0.2, -0.15) is 0 Å². The zero-order valence-electron chi connectivity index (χ0n) is 16.3. The van der Waals surface area contributed by atoms with E-state index in [1.54, 1.807) is 11.3 Å². The van der Waals surface area contributed by atoms with Gasteiger partial charge in [0, 0.05) is 32.5 Å². The minimum absolute atomic E-state index is 0.117. The van der Waals surface area contributed by atoms with Gasteiger partial charge in [0.25, 0.3) is 0 Å². The number of ether oxygens (including phenoxy) is 2. The predicted molar refractivity (Wildman–Crippen MR) is 111 cm³/mol. The third-order valence-corrected chi connectivity index (χ3v) is 6.40. The number of alkyl carbamates (subject to hydrolysis) is 1. The number of carbonyl (C=O) groups excluding carboxylic acids is 1. The molecule has 0 aliphatic carbocycles. The van der Waals surface area contributed by atoms with Gasteiger partial charge in [0.15, 0.2) is 0 Å². The molecule has 1 aromatic heterocycles. The topological polar surface area (TPSA) is 92.7 Å². The van der Waals surface area contributed by atoms with E-state index in [9.17, 15) is 9.90 Å². The standard InChI is InChI=1S/C21H27N3O4S/c25-18-10-24-17(9-14-1-3-16(4-2-14)19-11-22-13-29-19)20(18)28-21(26)23-7-5-15-6-8-27-12-15/h1-4,11,13,15,17-18,20,24-25H,5-10,12H2,(H,23,26)/t15-,17-,18+,20+/m1/s1. The van der Waals surface area contributed by atoms with Gasteiger partial charge in [-0.15, -0.1) is 11.3 Å². The van der Waals surface area contributed by atoms with Crippen molar-refractivity contribution in [3.05, 3.63) is 41.5 Å². The number of β-amino-alcohol motifs (C(OH)–C–C–N with tert-alkyl or cyclic N) is 1. The van der Waals surface area contributed by atoms with Crippen molar-refractivity contribution in [3.8, 4) is 10.4 Å². The first-order valence-electron chi connectivity index (χ1n) is 10.1. The van der Waals surface area contributed by atoms with E-state index in [2.05, 4.69) is 39.9 Å². The molecule has 2 saturated heterocycles. The molecule has 3 N–H and O–H groups in total. The second-order valence-corrected chi connectivity index (χ2v) is 8.55. The molecule has 4 rings (SSSR count). The lowest BCUT2D eigenvalue weighted by Gasteiger charge is -2.22. The fraction of sp³-hybridized carbons (Fsp3) is 0.524. The molecular formula is C21H27N3O4S. The summed E-state index contributed by atoms with van der Waals surface area (Å²) >= 11 is 1.61. The van der Waals surface area contributed by atoms with Gasteiger partial charge in [0.1, 0.15) is 12.2 Å². The highest BCUT2D eigenvalue weighted by Gasteiger charge is 2.37. The molecule has 2 aliphatic rings. The lowest BCUT2D eigenvalue weighted by atomic mass is 10.0. The van der Waals surface area contributed by atoms with E-state index in [1.807, 2.05) is 11.7 Å². The van der Waals surface area contributed by atoms with Crippen LogP contribution in [-0.4, -0.2) is 60.7 Å². The van der Waals surface area contributed by atoms with Crippen LogP contribution in [0.2, 0.25) is 0 Å². The average molecular weight is 418 g/mol. The number of thiazole rings is 1. The zero-order chi connectivity index (χ0) is 20.1. The van der Waals surface area contributed by atoms with Crippen LogP contribution in [0.25, 0.3) is 10.4 Å². The van der Waals surface area contributed by atoms with Crippen molar-refractivity contribution in [1.82, 2.24) is 15.6 Å². The van der Waals surface area contributed by atoms with Crippen LogP contribution in [0, 0.1) is 5.92 Å². The van der Waals surface area contributed by atoms with Crippen molar-refractivity contribution in [1.29, 1.82) is 0 Å². The summed E-state index contributed by atoms with van der Waals surface area (Å²) in [6, 6.07) is 8.17. The fourth-order valence-electron chi connectivity index (χ4n) is 3.89. The largest absolute Gasteiger partial charge is 0.442 e. The van der Waals surface area contributed by atoms with E-state index in [0.29, 0.717) is 25.4 Å². The molecule has 0 bridgehead atoms. The van der Waals surface area contributed by atoms with Crippen LogP contribution in [0.15, 0.2) is 36.0 Å². The highest BCUT2D eigenvalue weighted by molar-refractivity contribution is 7.13. The average Bonchev–Trinajstić information content (AvgIpc) is 3.48. The molecule has 7 nitrogen and oxygen atoms in total. The van der Waals surface area contributed by atoms with E-state index in [0.717, 1.165) is 42.1 Å². The summed E-state index contributed by atoms with van der Waals surface area (Å²) in [5.41, 5.74) is 4.08. The Hall–Kier alpha value is -2.00. The normalized spacial score (nSPS) is 26.5. The number of nitrogens with one attached hydrogen (secondary N) is 2. The van der Waals surface area contributed by atoms with Crippen molar-refractivity contribution >= 4 is 17.4 Å². The summed E-state index contributed by atoms with van der Waals surface area (Å²) in [6.45, 7) is 2.56. The Balaban J connectivity index is 1.28. The Bertz CT molecular complexity index is 778. The summed E-state index contributed by atoms with van der Waals surface area (Å²) in [5.74, 6) is 0.509. The van der Waals surface area contributed by atoms with E-state index >= 15 is 0 Å². The summed E-state index contributed by atoms with van der Waals surface area (Å²) < 4.78 is 10.9. The third-order valence-electron chi connectivity index (χ3n) is 5.58. The Morgan fingerprint density at radius 2 is 2.24 bits per heavy atom. The second kappa shape index (κ2) is 9.67. The number of aromatic nitrogens is 1. The lowest BCUT2D eigenvalue weighted by Crippen LogP contribution is -2.41. The minimum Gasteiger partial charge on any atom is -0.442 e. The van der Waals surface area contributed by atoms with Crippen LogP contribution < -0.4 is 10.6 Å². The first kappa shape index (κ1) is 20.3. The Morgan fingerprint density at radius 1 is 1.38 bits per heavy atom. The third kappa shape index (κ3) is 5.33. The maximum absolute atomic E-state index is 12.2. The molecule has 156 valence electrons. The van der Waals surface area contributed by atoms with Gasteiger partial charge in [-0.25, -0.2) is 4.79 Å². The maximum atomic E-state index is 12.2. The van der Waals surface area contributed by atoms with Gasteiger partial charge < -0.3 is 25.2 Å². The molecule has 1 aromatic carbocycles. The van der Waals surface area contributed by atoms with Crippen LogP contribution in [0.4, 0.5) is 4.79 Å². The molecule has 0 radical (unpaired) electrons. The number of carbonyl (C=O) groups is 1. The number of aliphatic hydroxyl groups is 1. The fourth-order valence-corrected chi connectivity index (χ4v) is 4.52. The molecular weight excluding hydrogens is 390 g/mol. The van der Waals surface area contributed by atoms with Gasteiger partial charge in [0.05, 0.1) is 16.4 Å². The number of amides is 1. The van der Waals surface area contributed by atoms with Gasteiger partial charge in [0.2, 0.25) is 0 Å². The Kier molecular flexibility index (Phi) is 6.76. The monoisotopic (exact) mass is 417 g/mol. The van der Waals surface area contributed by atoms with Crippen molar-refractivity contribution < 1.29 is 19.4 Å². The summed E-state index contributed by atoms with van der Waals surface area (Å²) in [4.78, 5) is 17.4. The highest BCUT2D eigenvalue weighted by atomic mass is 32.1. The number of benzene rings is 1. The Morgan fingerprint density at radius 3 is 2.97 bits per heavy atom. The van der Waals surface area contributed by atoms with Crippen LogP contribution >= 0.6 is 11.3 Å². The summed E-state index contributed by atoms with van der Waals surface area (Å²) in [7, 11) is 0. The van der Waals surface area contributed by atoms with Gasteiger partial charge >= 0.3 is 6.09 Å². The van der Waals surface area contributed by atoms with E-state index < -0.39 is 18.3 Å². The number of rotatable bonds is 7. The van der Waals surface area contributed by atoms with E-state index in [4.69, 9.17) is 9.47 Å². The van der Waals surface area contributed by atoms with Crippen LogP contribution in [0.3, 0.4) is 0 Å². The smallest absolute Gasteiger partial charge is 0.407 e.